The first kappa shape index (κ1) is 17.4. The summed E-state index contributed by atoms with van der Waals surface area (Å²) in [6.45, 7) is 2.65. The van der Waals surface area contributed by atoms with Crippen LogP contribution in [0, 0.1) is 11.3 Å². The highest BCUT2D eigenvalue weighted by atomic mass is 35.5. The van der Waals surface area contributed by atoms with E-state index >= 15 is 0 Å². The highest BCUT2D eigenvalue weighted by molar-refractivity contribution is 7.22. The maximum atomic E-state index is 12.9. The van der Waals surface area contributed by atoms with Crippen molar-refractivity contribution in [1.82, 2.24) is 9.97 Å². The van der Waals surface area contributed by atoms with Gasteiger partial charge in [0.05, 0.1) is 11.5 Å². The first-order chi connectivity index (χ1) is 13.0. The number of ether oxygens (including phenoxy) is 1. The first-order valence-corrected chi connectivity index (χ1v) is 9.36. The lowest BCUT2D eigenvalue weighted by atomic mass is 9.84. The molecule has 1 aliphatic heterocycles. The van der Waals surface area contributed by atoms with Crippen molar-refractivity contribution in [3.63, 3.8) is 0 Å². The maximum absolute atomic E-state index is 12.9. The van der Waals surface area contributed by atoms with Crippen molar-refractivity contribution in [2.75, 3.05) is 11.9 Å². The Morgan fingerprint density at radius 3 is 2.85 bits per heavy atom. The first-order valence-electron chi connectivity index (χ1n) is 8.17. The number of benzene rings is 1. The van der Waals surface area contributed by atoms with E-state index in [0.29, 0.717) is 38.4 Å². The third kappa shape index (κ3) is 2.81. The number of H-pyrrole nitrogens is 1. The molecule has 27 heavy (non-hydrogen) atoms. The van der Waals surface area contributed by atoms with Gasteiger partial charge in [-0.25, -0.2) is 4.98 Å². The number of thiazole rings is 1. The van der Waals surface area contributed by atoms with Crippen LogP contribution in [0.15, 0.2) is 40.5 Å². The molecule has 0 amide bonds. The topological polar surface area (TPSA) is 117 Å². The zero-order valence-electron chi connectivity index (χ0n) is 14.2. The van der Waals surface area contributed by atoms with E-state index in [1.807, 2.05) is 6.92 Å². The number of aromatic amines is 1. The molecule has 1 unspecified atom stereocenters. The van der Waals surface area contributed by atoms with Gasteiger partial charge in [0.2, 0.25) is 5.88 Å². The zero-order valence-corrected chi connectivity index (χ0v) is 15.7. The molecule has 1 aromatic carbocycles. The summed E-state index contributed by atoms with van der Waals surface area (Å²) in [5.74, 6) is -0.323. The second kappa shape index (κ2) is 6.61. The average molecular weight is 400 g/mol. The van der Waals surface area contributed by atoms with E-state index in [0.717, 1.165) is 5.56 Å². The van der Waals surface area contributed by atoms with E-state index in [-0.39, 0.29) is 17.0 Å². The normalized spacial score (nSPS) is 16.0. The van der Waals surface area contributed by atoms with Crippen LogP contribution < -0.4 is 21.3 Å². The number of nitrogens with one attached hydrogen (secondary N) is 2. The molecule has 3 heterocycles. The van der Waals surface area contributed by atoms with E-state index in [4.69, 9.17) is 22.1 Å². The summed E-state index contributed by atoms with van der Waals surface area (Å²) in [4.78, 5) is 20.0. The number of allylic oxidation sites excluding steroid dienone is 1. The fourth-order valence-electron chi connectivity index (χ4n) is 3.11. The number of anilines is 1. The van der Waals surface area contributed by atoms with Crippen molar-refractivity contribution in [3.8, 4) is 11.8 Å². The molecule has 1 aliphatic rings. The van der Waals surface area contributed by atoms with E-state index in [2.05, 4.69) is 21.4 Å². The molecule has 3 aromatic rings. The predicted molar refractivity (Wildman–Crippen MR) is 105 cm³/mol. The lowest BCUT2D eigenvalue weighted by Crippen LogP contribution is -2.27. The Bertz CT molecular complexity index is 1170. The standard InChI is InChI=1S/C18H14ClN5O2S/c1-2-22-18-24-16-14(27-18)13-12(17(25)23-16)11(10(7-20)15(21)26-13)8-3-5-9(19)6-4-8/h3-6,11H,2,21H2,1H3,(H2,22,23,24,25). The van der Waals surface area contributed by atoms with Gasteiger partial charge in [-0.05, 0) is 24.6 Å². The van der Waals surface area contributed by atoms with Gasteiger partial charge in [0.25, 0.3) is 5.56 Å². The van der Waals surface area contributed by atoms with E-state index in [9.17, 15) is 10.1 Å². The zero-order chi connectivity index (χ0) is 19.1. The quantitative estimate of drug-likeness (QED) is 0.622. The van der Waals surface area contributed by atoms with Gasteiger partial charge >= 0.3 is 0 Å². The lowest BCUT2D eigenvalue weighted by Gasteiger charge is -2.25. The number of nitriles is 1. The van der Waals surface area contributed by atoms with Crippen molar-refractivity contribution >= 4 is 38.4 Å². The van der Waals surface area contributed by atoms with Crippen molar-refractivity contribution in [3.05, 3.63) is 62.2 Å². The maximum Gasteiger partial charge on any atom is 0.257 e. The Kier molecular flexibility index (Phi) is 4.26. The van der Waals surface area contributed by atoms with Crippen LogP contribution in [0.3, 0.4) is 0 Å². The minimum absolute atomic E-state index is 0.0183. The van der Waals surface area contributed by atoms with Crippen LogP contribution in [-0.4, -0.2) is 16.5 Å². The molecule has 0 bridgehead atoms. The van der Waals surface area contributed by atoms with Gasteiger partial charge < -0.3 is 20.8 Å². The summed E-state index contributed by atoms with van der Waals surface area (Å²) in [6, 6.07) is 9.04. The van der Waals surface area contributed by atoms with Crippen LogP contribution in [-0.2, 0) is 0 Å². The molecule has 9 heteroatoms. The minimum atomic E-state index is -0.645. The fourth-order valence-corrected chi connectivity index (χ4v) is 4.22. The molecule has 0 fully saturated rings. The molecule has 1 atom stereocenters. The van der Waals surface area contributed by atoms with E-state index in [1.54, 1.807) is 24.3 Å². The summed E-state index contributed by atoms with van der Waals surface area (Å²) >= 11 is 7.34. The van der Waals surface area contributed by atoms with Gasteiger partial charge in [0.15, 0.2) is 16.5 Å². The Morgan fingerprint density at radius 1 is 1.44 bits per heavy atom. The molecular formula is C18H14ClN5O2S. The second-order valence-electron chi connectivity index (χ2n) is 5.90. The summed E-state index contributed by atoms with van der Waals surface area (Å²) in [5.41, 5.74) is 7.33. The number of pyridine rings is 1. The molecule has 136 valence electrons. The smallest absolute Gasteiger partial charge is 0.257 e. The van der Waals surface area contributed by atoms with Gasteiger partial charge in [-0.15, -0.1) is 0 Å². The number of aromatic nitrogens is 2. The molecule has 0 saturated heterocycles. The van der Waals surface area contributed by atoms with Crippen LogP contribution in [0.5, 0.6) is 5.75 Å². The summed E-state index contributed by atoms with van der Waals surface area (Å²) in [5, 5.41) is 14.0. The Labute approximate surface area is 163 Å². The second-order valence-corrected chi connectivity index (χ2v) is 7.34. The summed E-state index contributed by atoms with van der Waals surface area (Å²) in [7, 11) is 0. The van der Waals surface area contributed by atoms with E-state index < -0.39 is 5.92 Å². The number of nitrogens with zero attached hydrogens (tertiary/aromatic N) is 2. The highest BCUT2D eigenvalue weighted by Crippen LogP contribution is 2.45. The number of hydrogen-bond acceptors (Lipinski definition) is 7. The molecular weight excluding hydrogens is 386 g/mol. The third-order valence-electron chi connectivity index (χ3n) is 4.26. The predicted octanol–water partition coefficient (Wildman–Crippen LogP) is 3.29. The molecule has 7 nitrogen and oxygen atoms in total. The van der Waals surface area contributed by atoms with Gasteiger partial charge in [-0.2, -0.15) is 5.26 Å². The number of fused-ring (bicyclic) bond motifs is 3. The van der Waals surface area contributed by atoms with Gasteiger partial charge in [0, 0.05) is 11.6 Å². The molecule has 0 spiro atoms. The van der Waals surface area contributed by atoms with Crippen LogP contribution in [0.4, 0.5) is 5.13 Å². The summed E-state index contributed by atoms with van der Waals surface area (Å²) in [6.07, 6.45) is 0. The number of rotatable bonds is 3. The third-order valence-corrected chi connectivity index (χ3v) is 5.53. The van der Waals surface area contributed by atoms with E-state index in [1.165, 1.54) is 11.3 Å². The van der Waals surface area contributed by atoms with Gasteiger partial charge in [-0.1, -0.05) is 35.1 Å². The molecule has 0 radical (unpaired) electrons. The Morgan fingerprint density at radius 2 is 2.19 bits per heavy atom. The largest absolute Gasteiger partial charge is 0.438 e. The number of halogens is 1. The summed E-state index contributed by atoms with van der Waals surface area (Å²) < 4.78 is 6.39. The molecule has 0 saturated carbocycles. The van der Waals surface area contributed by atoms with Crippen LogP contribution in [0.1, 0.15) is 24.0 Å². The fraction of sp³-hybridized carbons (Fsp3) is 0.167. The SMILES string of the molecule is CCNc1nc2[nH]c(=O)c3c(c2s1)OC(N)=C(C#N)C3c1ccc(Cl)cc1. The minimum Gasteiger partial charge on any atom is -0.438 e. The Hall–Kier alpha value is -3.02. The highest BCUT2D eigenvalue weighted by Gasteiger charge is 2.35. The number of hydrogen-bond donors (Lipinski definition) is 3. The van der Waals surface area contributed by atoms with Crippen molar-refractivity contribution in [1.29, 1.82) is 5.26 Å². The molecule has 4 N–H and O–H groups in total. The van der Waals surface area contributed by atoms with Crippen LogP contribution in [0.2, 0.25) is 5.02 Å². The van der Waals surface area contributed by atoms with Crippen LogP contribution in [0.25, 0.3) is 10.3 Å². The van der Waals surface area contributed by atoms with Gasteiger partial charge in [-0.3, -0.25) is 4.79 Å². The van der Waals surface area contributed by atoms with Crippen molar-refractivity contribution in [2.45, 2.75) is 12.8 Å². The molecule has 0 aliphatic carbocycles. The van der Waals surface area contributed by atoms with Crippen molar-refractivity contribution < 1.29 is 4.74 Å². The lowest BCUT2D eigenvalue weighted by molar-refractivity contribution is 0.397. The average Bonchev–Trinajstić information content (AvgIpc) is 3.04. The van der Waals surface area contributed by atoms with Crippen molar-refractivity contribution in [2.24, 2.45) is 5.73 Å². The number of nitrogens with two attached hydrogens (primary N) is 1. The molecule has 4 rings (SSSR count). The Balaban J connectivity index is 2.01. The van der Waals surface area contributed by atoms with Gasteiger partial charge in [0.1, 0.15) is 16.3 Å². The van der Waals surface area contributed by atoms with Crippen LogP contribution >= 0.6 is 22.9 Å². The monoisotopic (exact) mass is 399 g/mol. The molecule has 2 aromatic heterocycles.